The number of rotatable bonds is 10. The van der Waals surface area contributed by atoms with Gasteiger partial charge in [0.25, 0.3) is 0 Å². The maximum absolute atomic E-state index is 7.48. The van der Waals surface area contributed by atoms with E-state index in [-0.39, 0.29) is 0 Å². The number of furan rings is 4. The third-order valence-corrected chi connectivity index (χ3v) is 19.2. The first-order valence-electron chi connectivity index (χ1n) is 32.0. The monoisotopic (exact) mass is 1200 g/mol. The van der Waals surface area contributed by atoms with Crippen LogP contribution in [0, 0.1) is 13.8 Å². The van der Waals surface area contributed by atoms with Crippen LogP contribution in [-0.2, 0) is 0 Å². The summed E-state index contributed by atoms with van der Waals surface area (Å²) in [6.07, 6.45) is 0. The summed E-state index contributed by atoms with van der Waals surface area (Å²) >= 11 is 0. The summed E-state index contributed by atoms with van der Waals surface area (Å²) in [5.74, 6) is 0. The molecule has 0 amide bonds. The molecule has 0 bridgehead atoms. The summed E-state index contributed by atoms with van der Waals surface area (Å²) in [5.41, 5.74) is 23.2. The minimum Gasteiger partial charge on any atom is -0.455 e. The van der Waals surface area contributed by atoms with E-state index in [0.717, 1.165) is 199 Å². The fourth-order valence-corrected chi connectivity index (χ4v) is 14.9. The van der Waals surface area contributed by atoms with Gasteiger partial charge in [0.1, 0.15) is 33.5 Å². The summed E-state index contributed by atoms with van der Waals surface area (Å²) in [6.45, 7) is 4.35. The average molecular weight is 1210 g/mol. The fourth-order valence-electron chi connectivity index (χ4n) is 14.9. The van der Waals surface area contributed by atoms with Crippen molar-refractivity contribution in [1.82, 2.24) is 0 Å². The number of para-hydroxylation sites is 6. The van der Waals surface area contributed by atoms with Gasteiger partial charge < -0.3 is 27.5 Å². The normalized spacial score (nSPS) is 11.9. The number of aryl methyl sites for hydroxylation is 2. The van der Waals surface area contributed by atoms with Crippen molar-refractivity contribution in [2.24, 2.45) is 0 Å². The lowest BCUT2D eigenvalue weighted by atomic mass is 9.89. The molecule has 6 heteroatoms. The van der Waals surface area contributed by atoms with Crippen LogP contribution in [0.15, 0.2) is 321 Å². The van der Waals surface area contributed by atoms with Gasteiger partial charge >= 0.3 is 0 Å². The van der Waals surface area contributed by atoms with E-state index in [0.29, 0.717) is 0 Å². The molecule has 0 spiro atoms. The van der Waals surface area contributed by atoms with Gasteiger partial charge in [-0.05, 0) is 142 Å². The third-order valence-electron chi connectivity index (χ3n) is 19.2. The molecular formula is C88H56N2O4. The molecule has 6 nitrogen and oxygen atoms in total. The van der Waals surface area contributed by atoms with Crippen LogP contribution < -0.4 is 9.80 Å². The quantitative estimate of drug-likeness (QED) is 0.136. The van der Waals surface area contributed by atoms with Crippen molar-refractivity contribution in [2.75, 3.05) is 9.80 Å². The van der Waals surface area contributed by atoms with Crippen molar-refractivity contribution in [3.05, 3.63) is 314 Å². The Morgan fingerprint density at radius 3 is 0.989 bits per heavy atom. The minimum absolute atomic E-state index is 0.783. The molecule has 0 saturated heterocycles. The topological polar surface area (TPSA) is 59.0 Å². The first-order valence-corrected chi connectivity index (χ1v) is 32.0. The summed E-state index contributed by atoms with van der Waals surface area (Å²) in [4.78, 5) is 4.70. The second-order valence-electron chi connectivity index (χ2n) is 24.7. The van der Waals surface area contributed by atoms with Gasteiger partial charge in [-0.1, -0.05) is 231 Å². The number of hydrogen-bond donors (Lipinski definition) is 0. The molecular weight excluding hydrogens is 1150 g/mol. The lowest BCUT2D eigenvalue weighted by molar-refractivity contribution is 0.665. The highest BCUT2D eigenvalue weighted by atomic mass is 16.3. The van der Waals surface area contributed by atoms with E-state index in [1.54, 1.807) is 0 Å². The largest absolute Gasteiger partial charge is 0.455 e. The van der Waals surface area contributed by atoms with Crippen LogP contribution in [0.2, 0.25) is 0 Å². The van der Waals surface area contributed by atoms with Crippen LogP contribution in [-0.4, -0.2) is 0 Å². The molecule has 0 aliphatic rings. The summed E-state index contributed by atoms with van der Waals surface area (Å²) in [6, 6.07) is 108. The zero-order valence-corrected chi connectivity index (χ0v) is 51.4. The maximum atomic E-state index is 7.48. The number of benzene rings is 15. The van der Waals surface area contributed by atoms with Crippen molar-refractivity contribution in [3.63, 3.8) is 0 Å². The fraction of sp³-hybridized carbons (Fsp3) is 0.0227. The second-order valence-corrected chi connectivity index (χ2v) is 24.7. The molecule has 94 heavy (non-hydrogen) atoms. The molecule has 19 aromatic rings. The standard InChI is InChI=1S/C88H56N2O4/c1-53-23-15-17-39-73(53)89(75-41-21-37-69-67-35-19-33-65(83(67)93-85(69)75)55-25-7-3-8-26-55)63-45-43-59-49-71-77(51-61(59)47-63)91-87-79(57-29-11-5-12-30-57)80(58-31-13-6-14-32-58)88-82(81(71)87)72-50-60-44-46-64(48-62(60)52-78(72)92-88)90(74-40-18-16-24-54(74)2)76-42-22-38-70-68-36-20-34-66(84(68)94-86(70)76)56-27-9-4-10-28-56/h3-52H,1-2H3. The molecule has 0 fully saturated rings. The van der Waals surface area contributed by atoms with Crippen molar-refractivity contribution in [2.45, 2.75) is 13.8 Å². The second kappa shape index (κ2) is 21.1. The lowest BCUT2D eigenvalue weighted by Gasteiger charge is -2.27. The molecule has 442 valence electrons. The molecule has 0 aliphatic carbocycles. The van der Waals surface area contributed by atoms with Gasteiger partial charge in [0.05, 0.1) is 11.4 Å². The zero-order valence-electron chi connectivity index (χ0n) is 51.4. The molecule has 0 radical (unpaired) electrons. The van der Waals surface area contributed by atoms with Crippen LogP contribution in [0.5, 0.6) is 0 Å². The van der Waals surface area contributed by atoms with E-state index in [1.165, 1.54) is 0 Å². The minimum atomic E-state index is 0.783. The molecule has 19 rings (SSSR count). The molecule has 0 aliphatic heterocycles. The Morgan fingerprint density at radius 2 is 0.585 bits per heavy atom. The molecule has 0 saturated carbocycles. The first kappa shape index (κ1) is 53.5. The molecule has 4 aromatic heterocycles. The van der Waals surface area contributed by atoms with Crippen LogP contribution in [0.1, 0.15) is 11.1 Å². The Balaban J connectivity index is 0.817. The van der Waals surface area contributed by atoms with E-state index in [1.807, 2.05) is 0 Å². The van der Waals surface area contributed by atoms with Gasteiger partial charge in [0, 0.05) is 88.1 Å². The highest BCUT2D eigenvalue weighted by molar-refractivity contribution is 6.33. The number of nitrogens with zero attached hydrogens (tertiary/aromatic N) is 2. The van der Waals surface area contributed by atoms with Crippen molar-refractivity contribution < 1.29 is 17.7 Å². The van der Waals surface area contributed by atoms with Crippen molar-refractivity contribution >= 4 is 143 Å². The van der Waals surface area contributed by atoms with Gasteiger partial charge in [-0.2, -0.15) is 0 Å². The van der Waals surface area contributed by atoms with Crippen LogP contribution in [0.4, 0.5) is 34.1 Å². The van der Waals surface area contributed by atoms with E-state index in [4.69, 9.17) is 17.7 Å². The summed E-state index contributed by atoms with van der Waals surface area (Å²) < 4.78 is 29.2. The van der Waals surface area contributed by atoms with E-state index in [9.17, 15) is 0 Å². The summed E-state index contributed by atoms with van der Waals surface area (Å²) in [5, 5.41) is 12.6. The van der Waals surface area contributed by atoms with Gasteiger partial charge in [0.2, 0.25) is 0 Å². The Labute approximate surface area is 540 Å². The Morgan fingerprint density at radius 1 is 0.234 bits per heavy atom. The van der Waals surface area contributed by atoms with Crippen LogP contribution >= 0.6 is 0 Å². The van der Waals surface area contributed by atoms with E-state index >= 15 is 0 Å². The smallest absolute Gasteiger partial charge is 0.159 e. The molecule has 0 unspecified atom stereocenters. The molecule has 15 aromatic carbocycles. The number of anilines is 6. The van der Waals surface area contributed by atoms with Crippen LogP contribution in [0.3, 0.4) is 0 Å². The maximum Gasteiger partial charge on any atom is 0.159 e. The zero-order chi connectivity index (χ0) is 62.1. The number of fused-ring (bicyclic) bond motifs is 15. The predicted octanol–water partition coefficient (Wildman–Crippen LogP) is 25.8. The SMILES string of the molecule is Cc1ccccc1N(c1ccc2cc3c(cc2c1)oc1c(-c2ccccc2)c(-c2ccccc2)c2oc4cc5cc(N(c6ccccc6C)c6cccc7c6oc6c(-c8ccccc8)cccc67)ccc5cc4c2c13)c1cccc2c1oc1c(-c3ccccc3)cccc12. The van der Waals surface area contributed by atoms with Gasteiger partial charge in [-0.15, -0.1) is 0 Å². The van der Waals surface area contributed by atoms with E-state index < -0.39 is 0 Å². The van der Waals surface area contributed by atoms with Crippen LogP contribution in [0.25, 0.3) is 154 Å². The predicted molar refractivity (Wildman–Crippen MR) is 391 cm³/mol. The Hall–Kier alpha value is -12.4. The number of hydrogen-bond acceptors (Lipinski definition) is 6. The first-order chi connectivity index (χ1) is 46.5. The summed E-state index contributed by atoms with van der Waals surface area (Å²) in [7, 11) is 0. The van der Waals surface area contributed by atoms with Gasteiger partial charge in [-0.25, -0.2) is 0 Å². The van der Waals surface area contributed by atoms with Crippen molar-refractivity contribution in [1.29, 1.82) is 0 Å². The molecule has 0 atom stereocenters. The average Bonchev–Trinajstić information content (AvgIpc) is 1.54. The Kier molecular flexibility index (Phi) is 12.0. The highest BCUT2D eigenvalue weighted by Gasteiger charge is 2.29. The highest BCUT2D eigenvalue weighted by Crippen LogP contribution is 2.54. The molecule has 4 heterocycles. The third kappa shape index (κ3) is 8.29. The van der Waals surface area contributed by atoms with Crippen molar-refractivity contribution in [3.8, 4) is 44.5 Å². The Bertz CT molecular complexity index is 5870. The van der Waals surface area contributed by atoms with E-state index in [2.05, 4.69) is 327 Å². The molecule has 0 N–H and O–H groups in total. The van der Waals surface area contributed by atoms with Gasteiger partial charge in [-0.3, -0.25) is 0 Å². The lowest BCUT2D eigenvalue weighted by Crippen LogP contribution is -2.11. The van der Waals surface area contributed by atoms with Gasteiger partial charge in [0.15, 0.2) is 11.2 Å².